The number of carbonyl (C=O) groups is 3. The van der Waals surface area contributed by atoms with Gasteiger partial charge < -0.3 is 19.9 Å². The van der Waals surface area contributed by atoms with E-state index in [1.165, 1.54) is 7.11 Å². The van der Waals surface area contributed by atoms with Gasteiger partial charge in [0.1, 0.15) is 11.8 Å². The first-order valence-corrected chi connectivity index (χ1v) is 6.29. The average molecular weight is 295 g/mol. The highest BCUT2D eigenvalue weighted by molar-refractivity contribution is 5.84. The Bertz CT molecular complexity index is 487. The first-order valence-electron chi connectivity index (χ1n) is 6.29. The molecular formula is C14H17NO6. The number of carboxylic acid groups (broad SMARTS) is 1. The summed E-state index contributed by atoms with van der Waals surface area (Å²) >= 11 is 0. The van der Waals surface area contributed by atoms with Gasteiger partial charge in [-0.1, -0.05) is 18.2 Å². The molecule has 114 valence electrons. The molecule has 0 saturated carbocycles. The van der Waals surface area contributed by atoms with Crippen molar-refractivity contribution in [3.63, 3.8) is 0 Å². The Morgan fingerprint density at radius 2 is 1.90 bits per heavy atom. The summed E-state index contributed by atoms with van der Waals surface area (Å²) in [7, 11) is 1.21. The lowest BCUT2D eigenvalue weighted by Crippen LogP contribution is -2.43. The van der Waals surface area contributed by atoms with Gasteiger partial charge in [0.05, 0.1) is 7.11 Å². The SMILES string of the molecule is COC(=O)CC[C@@H](NC(=O)COc1ccccc1)C(=O)O. The molecule has 21 heavy (non-hydrogen) atoms. The van der Waals surface area contributed by atoms with Gasteiger partial charge >= 0.3 is 11.9 Å². The number of aliphatic carboxylic acids is 1. The highest BCUT2D eigenvalue weighted by Crippen LogP contribution is 2.07. The molecule has 0 fully saturated rings. The first-order chi connectivity index (χ1) is 10.0. The summed E-state index contributed by atoms with van der Waals surface area (Å²) < 4.78 is 9.62. The molecule has 7 heteroatoms. The molecule has 0 aliphatic carbocycles. The van der Waals surface area contributed by atoms with E-state index in [2.05, 4.69) is 10.1 Å². The Balaban J connectivity index is 2.41. The van der Waals surface area contributed by atoms with Crippen molar-refractivity contribution in [2.24, 2.45) is 0 Å². The number of ether oxygens (including phenoxy) is 2. The van der Waals surface area contributed by atoms with Crippen molar-refractivity contribution in [3.8, 4) is 5.75 Å². The van der Waals surface area contributed by atoms with Crippen LogP contribution in [-0.4, -0.2) is 42.7 Å². The highest BCUT2D eigenvalue weighted by Gasteiger charge is 2.21. The van der Waals surface area contributed by atoms with Crippen LogP contribution >= 0.6 is 0 Å². The van der Waals surface area contributed by atoms with Gasteiger partial charge in [-0.05, 0) is 18.6 Å². The van der Waals surface area contributed by atoms with Crippen LogP contribution in [0.15, 0.2) is 30.3 Å². The third-order valence-electron chi connectivity index (χ3n) is 2.61. The van der Waals surface area contributed by atoms with E-state index < -0.39 is 23.9 Å². The number of para-hydroxylation sites is 1. The van der Waals surface area contributed by atoms with E-state index >= 15 is 0 Å². The second-order valence-electron chi connectivity index (χ2n) is 4.17. The molecule has 0 radical (unpaired) electrons. The fraction of sp³-hybridized carbons (Fsp3) is 0.357. The van der Waals surface area contributed by atoms with Crippen LogP contribution in [0, 0.1) is 0 Å². The topological polar surface area (TPSA) is 102 Å². The number of benzene rings is 1. The number of amides is 1. The quantitative estimate of drug-likeness (QED) is 0.680. The van der Waals surface area contributed by atoms with Gasteiger partial charge in [0.2, 0.25) is 0 Å². The van der Waals surface area contributed by atoms with Gasteiger partial charge in [-0.2, -0.15) is 0 Å². The normalized spacial score (nSPS) is 11.3. The zero-order chi connectivity index (χ0) is 15.7. The van der Waals surface area contributed by atoms with E-state index in [9.17, 15) is 14.4 Å². The molecule has 0 saturated heterocycles. The number of carboxylic acids is 1. The third-order valence-corrected chi connectivity index (χ3v) is 2.61. The number of esters is 1. The Labute approximate surface area is 121 Å². The minimum absolute atomic E-state index is 0.0426. The van der Waals surface area contributed by atoms with Crippen molar-refractivity contribution in [2.75, 3.05) is 13.7 Å². The molecule has 0 heterocycles. The predicted octanol–water partition coefficient (Wildman–Crippen LogP) is 0.588. The summed E-state index contributed by atoms with van der Waals surface area (Å²) in [5.74, 6) is -1.81. The Morgan fingerprint density at radius 3 is 2.48 bits per heavy atom. The van der Waals surface area contributed by atoms with Crippen molar-refractivity contribution in [3.05, 3.63) is 30.3 Å². The van der Waals surface area contributed by atoms with E-state index in [0.29, 0.717) is 5.75 Å². The minimum atomic E-state index is -1.22. The maximum Gasteiger partial charge on any atom is 0.326 e. The standard InChI is InChI=1S/C14H17NO6/c1-20-13(17)8-7-11(14(18)19)15-12(16)9-21-10-5-3-2-4-6-10/h2-6,11H,7-9H2,1H3,(H,15,16)(H,18,19)/t11-/m1/s1. The Hall–Kier alpha value is -2.57. The molecule has 0 spiro atoms. The Kier molecular flexibility index (Phi) is 6.73. The number of methoxy groups -OCH3 is 1. The molecule has 0 bridgehead atoms. The fourth-order valence-corrected chi connectivity index (χ4v) is 1.52. The van der Waals surface area contributed by atoms with E-state index in [4.69, 9.17) is 9.84 Å². The molecule has 0 aliphatic heterocycles. The fourth-order valence-electron chi connectivity index (χ4n) is 1.52. The number of carbonyl (C=O) groups excluding carboxylic acids is 2. The lowest BCUT2D eigenvalue weighted by molar-refractivity contribution is -0.144. The second-order valence-corrected chi connectivity index (χ2v) is 4.17. The van der Waals surface area contributed by atoms with Crippen molar-refractivity contribution in [1.82, 2.24) is 5.32 Å². The monoisotopic (exact) mass is 295 g/mol. The highest BCUT2D eigenvalue weighted by atomic mass is 16.5. The summed E-state index contributed by atoms with van der Waals surface area (Å²) in [5, 5.41) is 11.3. The molecular weight excluding hydrogens is 278 g/mol. The molecule has 0 unspecified atom stereocenters. The van der Waals surface area contributed by atoms with Crippen molar-refractivity contribution in [2.45, 2.75) is 18.9 Å². The molecule has 2 N–H and O–H groups in total. The van der Waals surface area contributed by atoms with Crippen LogP contribution < -0.4 is 10.1 Å². The van der Waals surface area contributed by atoms with Crippen LogP contribution in [0.3, 0.4) is 0 Å². The number of rotatable bonds is 8. The van der Waals surface area contributed by atoms with Crippen LogP contribution in [0.1, 0.15) is 12.8 Å². The predicted molar refractivity (Wildman–Crippen MR) is 72.8 cm³/mol. The van der Waals surface area contributed by atoms with Crippen molar-refractivity contribution < 1.29 is 29.0 Å². The van der Waals surface area contributed by atoms with Gasteiger partial charge in [-0.15, -0.1) is 0 Å². The van der Waals surface area contributed by atoms with Gasteiger partial charge in [0.15, 0.2) is 6.61 Å². The van der Waals surface area contributed by atoms with Gasteiger partial charge in [0, 0.05) is 6.42 Å². The number of hydrogen-bond donors (Lipinski definition) is 2. The lowest BCUT2D eigenvalue weighted by atomic mass is 10.1. The number of nitrogens with one attached hydrogen (secondary N) is 1. The summed E-state index contributed by atoms with van der Waals surface area (Å²) in [6.07, 6.45) is -0.133. The summed E-state index contributed by atoms with van der Waals surface area (Å²) in [4.78, 5) is 33.6. The molecule has 1 amide bonds. The first kappa shape index (κ1) is 16.5. The van der Waals surface area contributed by atoms with Crippen LogP contribution in [0.25, 0.3) is 0 Å². The molecule has 1 rings (SSSR count). The lowest BCUT2D eigenvalue weighted by Gasteiger charge is -2.14. The molecule has 1 aromatic rings. The maximum atomic E-state index is 11.6. The smallest absolute Gasteiger partial charge is 0.326 e. The van der Waals surface area contributed by atoms with Crippen LogP contribution in [0.4, 0.5) is 0 Å². The molecule has 7 nitrogen and oxygen atoms in total. The van der Waals surface area contributed by atoms with Crippen LogP contribution in [-0.2, 0) is 19.1 Å². The van der Waals surface area contributed by atoms with Crippen LogP contribution in [0.5, 0.6) is 5.75 Å². The summed E-state index contributed by atoms with van der Waals surface area (Å²) in [6, 6.07) is 7.52. The summed E-state index contributed by atoms with van der Waals surface area (Å²) in [5.41, 5.74) is 0. The molecule has 1 atom stereocenters. The van der Waals surface area contributed by atoms with Crippen molar-refractivity contribution in [1.29, 1.82) is 0 Å². The van der Waals surface area contributed by atoms with Crippen LogP contribution in [0.2, 0.25) is 0 Å². The largest absolute Gasteiger partial charge is 0.484 e. The van der Waals surface area contributed by atoms with E-state index in [1.807, 2.05) is 0 Å². The van der Waals surface area contributed by atoms with E-state index in [-0.39, 0.29) is 19.4 Å². The van der Waals surface area contributed by atoms with Gasteiger partial charge in [-0.3, -0.25) is 9.59 Å². The maximum absolute atomic E-state index is 11.6. The van der Waals surface area contributed by atoms with E-state index in [1.54, 1.807) is 30.3 Å². The van der Waals surface area contributed by atoms with Crippen molar-refractivity contribution >= 4 is 17.8 Å². The van der Waals surface area contributed by atoms with Gasteiger partial charge in [0.25, 0.3) is 5.91 Å². The zero-order valence-electron chi connectivity index (χ0n) is 11.6. The average Bonchev–Trinajstić information content (AvgIpc) is 2.49. The van der Waals surface area contributed by atoms with Gasteiger partial charge in [-0.25, -0.2) is 4.79 Å². The molecule has 1 aromatic carbocycles. The zero-order valence-corrected chi connectivity index (χ0v) is 11.6. The summed E-state index contributed by atoms with van der Waals surface area (Å²) in [6.45, 7) is -0.300. The van der Waals surface area contributed by atoms with E-state index in [0.717, 1.165) is 0 Å². The third kappa shape index (κ3) is 6.42. The Morgan fingerprint density at radius 1 is 1.24 bits per heavy atom. The molecule has 0 aromatic heterocycles. The second kappa shape index (κ2) is 8.57. The minimum Gasteiger partial charge on any atom is -0.484 e. The molecule has 0 aliphatic rings. The number of hydrogen-bond acceptors (Lipinski definition) is 5.